The molecule has 3 aromatic carbocycles. The summed E-state index contributed by atoms with van der Waals surface area (Å²) >= 11 is 6.98. The molecule has 0 saturated carbocycles. The summed E-state index contributed by atoms with van der Waals surface area (Å²) in [6.45, 7) is 3.46. The molecule has 0 amide bonds. The molecule has 0 heterocycles. The van der Waals surface area contributed by atoms with Gasteiger partial charge in [0.25, 0.3) is 0 Å². The summed E-state index contributed by atoms with van der Waals surface area (Å²) in [5.74, 6) is -0.202. The average Bonchev–Trinajstić information content (AvgIpc) is 2.67. The van der Waals surface area contributed by atoms with Crippen molar-refractivity contribution in [2.75, 3.05) is 0 Å². The van der Waals surface area contributed by atoms with Gasteiger partial charge in [0, 0.05) is 8.95 Å². The monoisotopic (exact) mass is 484 g/mol. The largest absolute Gasteiger partial charge is 0.212 e. The van der Waals surface area contributed by atoms with Gasteiger partial charge in [-0.2, -0.15) is 0 Å². The van der Waals surface area contributed by atoms with Crippen LogP contribution in [0.1, 0.15) is 19.4 Å². The van der Waals surface area contributed by atoms with Crippen LogP contribution in [0.5, 0.6) is 0 Å². The van der Waals surface area contributed by atoms with E-state index in [1.807, 2.05) is 37.3 Å². The molecule has 0 aliphatic rings. The molecule has 0 unspecified atom stereocenters. The first-order valence-electron chi connectivity index (χ1n) is 8.60. The lowest BCUT2D eigenvalue weighted by Gasteiger charge is -2.11. The minimum Gasteiger partial charge on any atom is -0.212 e. The van der Waals surface area contributed by atoms with Gasteiger partial charge in [-0.15, -0.1) is 0 Å². The van der Waals surface area contributed by atoms with Crippen LogP contribution in [-0.2, 0) is 0 Å². The van der Waals surface area contributed by atoms with Gasteiger partial charge in [-0.05, 0) is 95.8 Å². The van der Waals surface area contributed by atoms with Crippen molar-refractivity contribution in [3.05, 3.63) is 99.2 Å². The zero-order valence-corrected chi connectivity index (χ0v) is 18.3. The zero-order chi connectivity index (χ0) is 19.4. The molecular formula is C24H19Br2F. The van der Waals surface area contributed by atoms with Crippen molar-refractivity contribution in [3.63, 3.8) is 0 Å². The summed E-state index contributed by atoms with van der Waals surface area (Å²) in [5, 5.41) is 0. The van der Waals surface area contributed by atoms with Gasteiger partial charge in [0.15, 0.2) is 0 Å². The predicted molar refractivity (Wildman–Crippen MR) is 121 cm³/mol. The standard InChI is InChI=1S/C24H19Br2F/c1-16(3-4-17(2)27)20-13-21(18-5-9-23(25)10-6-18)15-22(14-20)19-7-11-24(26)12-8-19/h3-15H,1-2H3. The van der Waals surface area contributed by atoms with Gasteiger partial charge < -0.3 is 0 Å². The Morgan fingerprint density at radius 2 is 1.11 bits per heavy atom. The van der Waals surface area contributed by atoms with E-state index in [1.54, 1.807) is 0 Å². The smallest absolute Gasteiger partial charge is 0.0968 e. The van der Waals surface area contributed by atoms with Crippen LogP contribution in [-0.4, -0.2) is 0 Å². The van der Waals surface area contributed by atoms with Crippen LogP contribution in [0.4, 0.5) is 4.39 Å². The van der Waals surface area contributed by atoms with Crippen molar-refractivity contribution >= 4 is 37.4 Å². The van der Waals surface area contributed by atoms with Gasteiger partial charge >= 0.3 is 0 Å². The zero-order valence-electron chi connectivity index (χ0n) is 15.1. The molecule has 3 rings (SSSR count). The Morgan fingerprint density at radius 3 is 1.52 bits per heavy atom. The highest BCUT2D eigenvalue weighted by atomic mass is 79.9. The molecule has 0 nitrogen and oxygen atoms in total. The van der Waals surface area contributed by atoms with Crippen LogP contribution in [0.2, 0.25) is 0 Å². The maximum absolute atomic E-state index is 13.1. The first-order chi connectivity index (χ1) is 12.9. The summed E-state index contributed by atoms with van der Waals surface area (Å²) in [7, 11) is 0. The highest BCUT2D eigenvalue weighted by Crippen LogP contribution is 2.32. The minimum absolute atomic E-state index is 0.202. The Balaban J connectivity index is 2.15. The molecule has 0 atom stereocenters. The van der Waals surface area contributed by atoms with Gasteiger partial charge in [-0.3, -0.25) is 0 Å². The fraction of sp³-hybridized carbons (Fsp3) is 0.0833. The summed E-state index contributed by atoms with van der Waals surface area (Å²) in [6, 6.07) is 23.0. The molecule has 3 heteroatoms. The van der Waals surface area contributed by atoms with Crippen LogP contribution in [0.3, 0.4) is 0 Å². The Morgan fingerprint density at radius 1 is 0.667 bits per heavy atom. The number of rotatable bonds is 4. The molecule has 136 valence electrons. The SMILES string of the molecule is CC(F)=CC=C(C)c1cc(-c2ccc(Br)cc2)cc(-c2ccc(Br)cc2)c1. The third kappa shape index (κ3) is 5.27. The molecule has 0 aromatic heterocycles. The van der Waals surface area contributed by atoms with Gasteiger partial charge in [0.2, 0.25) is 0 Å². The lowest BCUT2D eigenvalue weighted by Crippen LogP contribution is -1.87. The van der Waals surface area contributed by atoms with Gasteiger partial charge in [0.1, 0.15) is 0 Å². The molecule has 3 aromatic rings. The van der Waals surface area contributed by atoms with Crippen molar-refractivity contribution < 1.29 is 4.39 Å². The Labute approximate surface area is 176 Å². The summed E-state index contributed by atoms with van der Waals surface area (Å²) in [5.41, 5.74) is 6.64. The van der Waals surface area contributed by atoms with Crippen LogP contribution in [0.15, 0.2) is 93.7 Å². The van der Waals surface area contributed by atoms with E-state index >= 15 is 0 Å². The van der Waals surface area contributed by atoms with Crippen LogP contribution in [0, 0.1) is 0 Å². The maximum atomic E-state index is 13.1. The Hall–Kier alpha value is -1.97. The molecule has 0 radical (unpaired) electrons. The average molecular weight is 486 g/mol. The fourth-order valence-corrected chi connectivity index (χ4v) is 3.34. The molecular weight excluding hydrogens is 467 g/mol. The fourth-order valence-electron chi connectivity index (χ4n) is 2.81. The second kappa shape index (κ2) is 8.81. The number of benzene rings is 3. The van der Waals surface area contributed by atoms with E-state index < -0.39 is 0 Å². The molecule has 0 spiro atoms. The number of allylic oxidation sites excluding steroid dienone is 4. The molecule has 0 N–H and O–H groups in total. The normalized spacial score (nSPS) is 12.3. The number of halogens is 3. The van der Waals surface area contributed by atoms with Crippen LogP contribution >= 0.6 is 31.9 Å². The lowest BCUT2D eigenvalue weighted by atomic mass is 9.93. The van der Waals surface area contributed by atoms with E-state index in [-0.39, 0.29) is 5.83 Å². The van der Waals surface area contributed by atoms with Crippen molar-refractivity contribution in [2.24, 2.45) is 0 Å². The van der Waals surface area contributed by atoms with E-state index in [9.17, 15) is 4.39 Å². The molecule has 27 heavy (non-hydrogen) atoms. The number of hydrogen-bond acceptors (Lipinski definition) is 0. The van der Waals surface area contributed by atoms with Crippen LogP contribution < -0.4 is 0 Å². The van der Waals surface area contributed by atoms with Gasteiger partial charge in [-0.25, -0.2) is 4.39 Å². The van der Waals surface area contributed by atoms with E-state index in [1.165, 1.54) is 13.0 Å². The van der Waals surface area contributed by atoms with E-state index in [0.717, 1.165) is 42.3 Å². The first kappa shape index (κ1) is 19.8. The molecule has 0 aliphatic heterocycles. The van der Waals surface area contributed by atoms with Crippen LogP contribution in [0.25, 0.3) is 27.8 Å². The summed E-state index contributed by atoms with van der Waals surface area (Å²) < 4.78 is 15.3. The Bertz CT molecular complexity index is 930. The molecule has 0 saturated heterocycles. The predicted octanol–water partition coefficient (Wildman–Crippen LogP) is 8.82. The highest BCUT2D eigenvalue weighted by molar-refractivity contribution is 9.10. The van der Waals surface area contributed by atoms with E-state index in [2.05, 4.69) is 74.3 Å². The second-order valence-corrected chi connectivity index (χ2v) is 8.25. The maximum Gasteiger partial charge on any atom is 0.0968 e. The molecule has 0 aliphatic carbocycles. The van der Waals surface area contributed by atoms with Crippen molar-refractivity contribution in [1.29, 1.82) is 0 Å². The minimum atomic E-state index is -0.202. The first-order valence-corrected chi connectivity index (χ1v) is 10.2. The topological polar surface area (TPSA) is 0 Å². The van der Waals surface area contributed by atoms with E-state index in [4.69, 9.17) is 0 Å². The lowest BCUT2D eigenvalue weighted by molar-refractivity contribution is 0.641. The quantitative estimate of drug-likeness (QED) is 0.324. The third-order valence-corrected chi connectivity index (χ3v) is 5.36. The third-order valence-electron chi connectivity index (χ3n) is 4.31. The number of hydrogen-bond donors (Lipinski definition) is 0. The van der Waals surface area contributed by atoms with Gasteiger partial charge in [-0.1, -0.05) is 62.2 Å². The van der Waals surface area contributed by atoms with Crippen molar-refractivity contribution in [1.82, 2.24) is 0 Å². The second-order valence-electron chi connectivity index (χ2n) is 6.42. The molecule has 0 fully saturated rings. The Kier molecular flexibility index (Phi) is 6.46. The van der Waals surface area contributed by atoms with E-state index in [0.29, 0.717) is 0 Å². The summed E-state index contributed by atoms with van der Waals surface area (Å²) in [6.07, 6.45) is 3.32. The van der Waals surface area contributed by atoms with Gasteiger partial charge in [0.05, 0.1) is 5.83 Å². The van der Waals surface area contributed by atoms with Crippen molar-refractivity contribution in [2.45, 2.75) is 13.8 Å². The van der Waals surface area contributed by atoms with Crippen molar-refractivity contribution in [3.8, 4) is 22.3 Å². The highest BCUT2D eigenvalue weighted by Gasteiger charge is 2.07. The molecule has 0 bridgehead atoms. The summed E-state index contributed by atoms with van der Waals surface area (Å²) in [4.78, 5) is 0.